The molecule has 0 bridgehead atoms. The van der Waals surface area contributed by atoms with Gasteiger partial charge in [0.05, 0.1) is 18.1 Å². The van der Waals surface area contributed by atoms with Gasteiger partial charge in [-0.15, -0.1) is 0 Å². The molecule has 1 unspecified atom stereocenters. The highest BCUT2D eigenvalue weighted by Crippen LogP contribution is 2.48. The number of hydrogen-bond donors (Lipinski definition) is 0. The topological polar surface area (TPSA) is 61.8 Å². The van der Waals surface area contributed by atoms with E-state index in [1.165, 1.54) is 0 Å². The van der Waals surface area contributed by atoms with Crippen molar-refractivity contribution in [1.29, 1.82) is 0 Å². The van der Waals surface area contributed by atoms with Gasteiger partial charge in [0, 0.05) is 18.3 Å². The molecule has 1 heterocycles. The van der Waals surface area contributed by atoms with Crippen LogP contribution in [-0.4, -0.2) is 39.3 Å². The summed E-state index contributed by atoms with van der Waals surface area (Å²) in [5.74, 6) is -0.548. The summed E-state index contributed by atoms with van der Waals surface area (Å²) in [6.45, 7) is 10.8. The number of benzene rings is 2. The van der Waals surface area contributed by atoms with Gasteiger partial charge in [-0.2, -0.15) is 0 Å². The van der Waals surface area contributed by atoms with Crippen molar-refractivity contribution >= 4 is 21.0 Å². The summed E-state index contributed by atoms with van der Waals surface area (Å²) < 4.78 is 18.2. The minimum atomic E-state index is -1.36. The van der Waals surface area contributed by atoms with Crippen LogP contribution in [0.2, 0.25) is 13.1 Å². The van der Waals surface area contributed by atoms with E-state index in [4.69, 9.17) is 13.9 Å². The fourth-order valence-electron chi connectivity index (χ4n) is 5.24. The molecule has 0 N–H and O–H groups in total. The molecule has 1 aliphatic heterocycles. The zero-order chi connectivity index (χ0) is 23.8. The first-order chi connectivity index (χ1) is 15.6. The fraction of sp³-hybridized carbons (Fsp3) is 0.481. The Bertz CT molecular complexity index is 980. The first kappa shape index (κ1) is 23.7. The van der Waals surface area contributed by atoms with E-state index >= 15 is 0 Å². The third-order valence-corrected chi connectivity index (χ3v) is 7.50. The molecule has 4 rings (SSSR count). The van der Waals surface area contributed by atoms with E-state index in [-0.39, 0.29) is 47.5 Å². The minimum Gasteiger partial charge on any atom is -0.462 e. The van der Waals surface area contributed by atoms with Crippen LogP contribution in [0.3, 0.4) is 0 Å². The number of carbonyl (C=O) groups excluding carboxylic acids is 2. The van der Waals surface area contributed by atoms with Crippen molar-refractivity contribution in [2.75, 3.05) is 0 Å². The molecule has 0 spiro atoms. The highest BCUT2D eigenvalue weighted by molar-refractivity contribution is 6.48. The van der Waals surface area contributed by atoms with Crippen molar-refractivity contribution < 1.29 is 23.5 Å². The molecule has 2 fully saturated rings. The summed E-state index contributed by atoms with van der Waals surface area (Å²) >= 11 is 0. The summed E-state index contributed by atoms with van der Waals surface area (Å²) in [6, 6.07) is 17.6. The predicted molar refractivity (Wildman–Crippen MR) is 130 cm³/mol. The molecule has 1 saturated carbocycles. The molecule has 0 aromatic heterocycles. The quantitative estimate of drug-likeness (QED) is 0.430. The third-order valence-electron chi connectivity index (χ3n) is 6.66. The van der Waals surface area contributed by atoms with Crippen molar-refractivity contribution in [3.8, 4) is 11.1 Å². The monoisotopic (exact) mass is 466 g/mol. The van der Waals surface area contributed by atoms with E-state index in [0.29, 0.717) is 18.4 Å². The Morgan fingerprint density at radius 2 is 1.67 bits per heavy atom. The Labute approximate surface area is 198 Å². The third kappa shape index (κ3) is 5.22. The number of ether oxygens (including phenoxy) is 2. The Hall–Kier alpha value is -2.44. The van der Waals surface area contributed by atoms with Gasteiger partial charge in [0.1, 0.15) is 12.2 Å². The lowest BCUT2D eigenvalue weighted by molar-refractivity contribution is -0.142. The average molecular weight is 467 g/mol. The molecule has 1 saturated heterocycles. The van der Waals surface area contributed by atoms with Gasteiger partial charge < -0.3 is 13.9 Å². The summed E-state index contributed by atoms with van der Waals surface area (Å²) in [5, 5.41) is 0. The second-order valence-corrected chi connectivity index (χ2v) is 12.9. The van der Waals surface area contributed by atoms with Crippen LogP contribution in [0.1, 0.15) is 44.0 Å². The van der Waals surface area contributed by atoms with Gasteiger partial charge in [-0.3, -0.25) is 4.79 Å². The van der Waals surface area contributed by atoms with E-state index in [2.05, 4.69) is 33.9 Å². The number of hydrogen-bond acceptors (Lipinski definition) is 5. The Morgan fingerprint density at radius 1 is 1.03 bits per heavy atom. The Balaban J connectivity index is 1.55. The maximum Gasteiger partial charge on any atom is 0.338 e. The van der Waals surface area contributed by atoms with Gasteiger partial charge in [-0.05, 0) is 41.8 Å². The van der Waals surface area contributed by atoms with Crippen LogP contribution < -0.4 is 0 Å². The lowest BCUT2D eigenvalue weighted by Crippen LogP contribution is -2.46. The van der Waals surface area contributed by atoms with Gasteiger partial charge >= 0.3 is 11.9 Å². The first-order valence-corrected chi connectivity index (χ1v) is 14.6. The normalized spacial score (nSPS) is 25.6. The number of fused-ring (bicyclic) bond motifs is 1. The molecule has 5 atom stereocenters. The first-order valence-electron chi connectivity index (χ1n) is 11.8. The highest BCUT2D eigenvalue weighted by atomic mass is 28.3. The van der Waals surface area contributed by atoms with E-state index in [1.54, 1.807) is 0 Å². The predicted octanol–water partition coefficient (Wildman–Crippen LogP) is 5.25. The second kappa shape index (κ2) is 9.43. The Morgan fingerprint density at radius 3 is 2.27 bits per heavy atom. The molecular formula is C27H34O5Si. The molecule has 0 amide bonds. The van der Waals surface area contributed by atoms with Crippen molar-refractivity contribution in [3.63, 3.8) is 0 Å². The summed E-state index contributed by atoms with van der Waals surface area (Å²) in [4.78, 5) is 25.1. The van der Waals surface area contributed by atoms with Gasteiger partial charge in [0.2, 0.25) is 0 Å². The zero-order valence-corrected chi connectivity index (χ0v) is 21.3. The number of rotatable bonds is 6. The van der Waals surface area contributed by atoms with Crippen molar-refractivity contribution in [2.24, 2.45) is 17.3 Å². The van der Waals surface area contributed by atoms with Crippen molar-refractivity contribution in [1.82, 2.24) is 0 Å². The number of esters is 2. The highest BCUT2D eigenvalue weighted by Gasteiger charge is 2.56. The summed E-state index contributed by atoms with van der Waals surface area (Å²) in [6.07, 6.45) is 0.247. The second-order valence-electron chi connectivity index (χ2n) is 10.6. The molecule has 0 radical (unpaired) electrons. The lowest BCUT2D eigenvalue weighted by Gasteiger charge is -2.40. The van der Waals surface area contributed by atoms with E-state index in [9.17, 15) is 9.59 Å². The van der Waals surface area contributed by atoms with Crippen molar-refractivity contribution in [2.45, 2.75) is 65.0 Å². The zero-order valence-electron chi connectivity index (χ0n) is 20.1. The molecule has 2 aliphatic rings. The van der Waals surface area contributed by atoms with E-state index in [1.807, 2.05) is 54.6 Å². The fourth-order valence-corrected chi connectivity index (χ4v) is 6.42. The average Bonchev–Trinajstić information content (AvgIpc) is 3.27. The molecule has 2 aromatic rings. The molecule has 5 nitrogen and oxygen atoms in total. The van der Waals surface area contributed by atoms with Gasteiger partial charge in [-0.1, -0.05) is 63.2 Å². The van der Waals surface area contributed by atoms with Crippen LogP contribution in [0, 0.1) is 17.3 Å². The van der Waals surface area contributed by atoms with E-state index in [0.717, 1.165) is 11.1 Å². The summed E-state index contributed by atoms with van der Waals surface area (Å²) in [7, 11) is -1.36. The number of carbonyl (C=O) groups is 2. The van der Waals surface area contributed by atoms with Gasteiger partial charge in [-0.25, -0.2) is 4.79 Å². The van der Waals surface area contributed by atoms with Gasteiger partial charge in [0.25, 0.3) is 0 Å². The smallest absolute Gasteiger partial charge is 0.338 e. The minimum absolute atomic E-state index is 0.0210. The van der Waals surface area contributed by atoms with Crippen LogP contribution in [0.25, 0.3) is 11.1 Å². The van der Waals surface area contributed by atoms with Crippen LogP contribution in [0.5, 0.6) is 0 Å². The van der Waals surface area contributed by atoms with Crippen LogP contribution in [0.4, 0.5) is 0 Å². The molecule has 33 heavy (non-hydrogen) atoms. The molecule has 176 valence electrons. The SMILES string of the molecule is C[SiH](C)OC([C@@H]1[C@H]2CC(=O)O[C@H]2C[C@H]1OC(=O)c1ccc(-c2ccccc2)cc1)C(C)(C)C. The standard InChI is InChI=1S/C27H34O5Si/c1-27(2,3)25(32-33(4)5)24-20-15-23(28)30-21(20)16-22(24)31-26(29)19-13-11-18(12-14-19)17-9-7-6-8-10-17/h6-14,20-22,24-25,33H,15-16H2,1-5H3/t20-,21-,22+,24+,25?/m0/s1. The van der Waals surface area contributed by atoms with Crippen LogP contribution in [-0.2, 0) is 18.7 Å². The molecule has 1 aliphatic carbocycles. The largest absolute Gasteiger partial charge is 0.462 e. The summed E-state index contributed by atoms with van der Waals surface area (Å²) in [5.41, 5.74) is 2.53. The maximum atomic E-state index is 13.1. The molecular weight excluding hydrogens is 432 g/mol. The Kier molecular flexibility index (Phi) is 6.77. The lowest BCUT2D eigenvalue weighted by atomic mass is 9.75. The van der Waals surface area contributed by atoms with E-state index < -0.39 is 9.04 Å². The van der Waals surface area contributed by atoms with Crippen LogP contribution >= 0.6 is 0 Å². The maximum absolute atomic E-state index is 13.1. The molecule has 6 heteroatoms. The van der Waals surface area contributed by atoms with Crippen molar-refractivity contribution in [3.05, 3.63) is 60.2 Å². The molecule has 2 aromatic carbocycles. The van der Waals surface area contributed by atoms with Crippen LogP contribution in [0.15, 0.2) is 54.6 Å². The van der Waals surface area contributed by atoms with Gasteiger partial charge in [0.15, 0.2) is 9.04 Å².